The first-order valence-corrected chi connectivity index (χ1v) is 13.7. The summed E-state index contributed by atoms with van der Waals surface area (Å²) in [6, 6.07) is 5.62. The molecule has 212 valence electrons. The van der Waals surface area contributed by atoms with Gasteiger partial charge in [-0.2, -0.15) is 0 Å². The molecule has 0 spiro atoms. The largest absolute Gasteiger partial charge is 0.494 e. The van der Waals surface area contributed by atoms with Crippen LogP contribution in [0.25, 0.3) is 0 Å². The molecule has 4 rings (SSSR count). The number of amides is 3. The minimum absolute atomic E-state index is 0.0589. The number of carbonyl (C=O) groups excluding carboxylic acids is 2. The monoisotopic (exact) mass is 532 g/mol. The zero-order valence-corrected chi connectivity index (χ0v) is 22.8. The maximum Gasteiger partial charge on any atom is 0.329 e. The average Bonchev–Trinajstić information content (AvgIpc) is 3.26. The van der Waals surface area contributed by atoms with Crippen molar-refractivity contribution >= 4 is 17.9 Å². The molecule has 0 saturated heterocycles. The molecule has 0 radical (unpaired) electrons. The lowest BCUT2D eigenvalue weighted by Gasteiger charge is -2.31. The maximum absolute atomic E-state index is 13.4. The summed E-state index contributed by atoms with van der Waals surface area (Å²) >= 11 is 0. The van der Waals surface area contributed by atoms with Crippen LogP contribution >= 0.6 is 0 Å². The summed E-state index contributed by atoms with van der Waals surface area (Å²) in [5.74, 6) is -0.512. The lowest BCUT2D eigenvalue weighted by atomic mass is 9.88. The van der Waals surface area contributed by atoms with Gasteiger partial charge in [0.2, 0.25) is 5.91 Å². The molecule has 1 saturated carbocycles. The van der Waals surface area contributed by atoms with E-state index in [-0.39, 0.29) is 42.7 Å². The third-order valence-corrected chi connectivity index (χ3v) is 7.51. The molecule has 10 heteroatoms. The number of carboxylic acids is 1. The Labute approximate surface area is 225 Å². The molecule has 10 nitrogen and oxygen atoms in total. The van der Waals surface area contributed by atoms with Gasteiger partial charge in [0.05, 0.1) is 19.3 Å². The van der Waals surface area contributed by atoms with Crippen LogP contribution in [0.2, 0.25) is 0 Å². The Morgan fingerprint density at radius 3 is 2.53 bits per heavy atom. The number of rotatable bonds is 6. The predicted molar refractivity (Wildman–Crippen MR) is 144 cm³/mol. The Kier molecular flexibility index (Phi) is 10.8. The Balaban J connectivity index is 1.76. The van der Waals surface area contributed by atoms with E-state index in [2.05, 4.69) is 16.0 Å². The van der Waals surface area contributed by atoms with Gasteiger partial charge in [-0.1, -0.05) is 26.0 Å². The van der Waals surface area contributed by atoms with Gasteiger partial charge in [0, 0.05) is 19.1 Å². The lowest BCUT2D eigenvalue weighted by molar-refractivity contribution is -0.144. The van der Waals surface area contributed by atoms with E-state index in [4.69, 9.17) is 15.2 Å². The molecule has 6 N–H and O–H groups in total. The summed E-state index contributed by atoms with van der Waals surface area (Å²) in [6.45, 7) is 7.01. The number of nitrogens with one attached hydrogen (secondary N) is 3. The molecule has 2 aliphatic heterocycles. The molecule has 3 aliphatic rings. The molecule has 1 unspecified atom stereocenters. The molecule has 1 aromatic rings. The van der Waals surface area contributed by atoms with Crippen molar-refractivity contribution in [3.63, 3.8) is 0 Å². The van der Waals surface area contributed by atoms with Crippen molar-refractivity contribution in [2.24, 2.45) is 17.6 Å². The van der Waals surface area contributed by atoms with E-state index in [9.17, 15) is 19.5 Å². The van der Waals surface area contributed by atoms with Crippen molar-refractivity contribution in [3.05, 3.63) is 29.8 Å². The number of ether oxygens (including phenoxy) is 2. The zero-order chi connectivity index (χ0) is 27.7. The number of hydrogen-bond donors (Lipinski definition) is 5. The summed E-state index contributed by atoms with van der Waals surface area (Å²) in [5, 5.41) is 18.3. The van der Waals surface area contributed by atoms with Crippen molar-refractivity contribution < 1.29 is 29.0 Å². The second-order valence-corrected chi connectivity index (χ2v) is 11.3. The smallest absolute Gasteiger partial charge is 0.329 e. The minimum atomic E-state index is -1.49. The fraction of sp³-hybridized carbons (Fsp3) is 0.679. The van der Waals surface area contributed by atoms with Gasteiger partial charge in [-0.25, -0.2) is 9.59 Å². The molecule has 1 aromatic carbocycles. The van der Waals surface area contributed by atoms with Crippen molar-refractivity contribution in [1.82, 2.24) is 16.0 Å². The summed E-state index contributed by atoms with van der Waals surface area (Å²) in [4.78, 5) is 38.7. The Morgan fingerprint density at radius 1 is 1.18 bits per heavy atom. The van der Waals surface area contributed by atoms with Crippen LogP contribution in [-0.4, -0.2) is 66.5 Å². The van der Waals surface area contributed by atoms with Crippen molar-refractivity contribution in [2.45, 2.75) is 89.4 Å². The summed E-state index contributed by atoms with van der Waals surface area (Å²) in [5.41, 5.74) is 5.36. The van der Waals surface area contributed by atoms with Crippen LogP contribution in [0.1, 0.15) is 64.9 Å². The van der Waals surface area contributed by atoms with Crippen LogP contribution in [0.15, 0.2) is 24.3 Å². The van der Waals surface area contributed by atoms with Crippen molar-refractivity contribution in [3.8, 4) is 5.75 Å². The third kappa shape index (κ3) is 8.87. The van der Waals surface area contributed by atoms with Gasteiger partial charge in [0.1, 0.15) is 17.3 Å². The number of fused-ring (bicyclic) bond motifs is 13. The van der Waals surface area contributed by atoms with Gasteiger partial charge >= 0.3 is 12.0 Å². The van der Waals surface area contributed by atoms with Crippen LogP contribution in [0.4, 0.5) is 4.79 Å². The number of aliphatic carboxylic acids is 1. The fourth-order valence-corrected chi connectivity index (χ4v) is 5.07. The van der Waals surface area contributed by atoms with E-state index in [1.54, 1.807) is 0 Å². The number of nitrogens with two attached hydrogens (primary N) is 1. The van der Waals surface area contributed by atoms with E-state index >= 15 is 0 Å². The number of carbonyl (C=O) groups is 3. The Hall–Kier alpha value is -2.85. The van der Waals surface area contributed by atoms with Gasteiger partial charge in [-0.05, 0) is 75.0 Å². The van der Waals surface area contributed by atoms with Crippen molar-refractivity contribution in [1.29, 1.82) is 0 Å². The highest BCUT2D eigenvalue weighted by atomic mass is 16.5. The van der Waals surface area contributed by atoms with Crippen LogP contribution < -0.4 is 26.4 Å². The van der Waals surface area contributed by atoms with Crippen molar-refractivity contribution in [2.75, 3.05) is 19.8 Å². The molecule has 0 aromatic heterocycles. The lowest BCUT2D eigenvalue weighted by Crippen LogP contribution is -2.60. The molecular formula is C28H44N4O6. The maximum atomic E-state index is 13.4. The van der Waals surface area contributed by atoms with Crippen LogP contribution in [-0.2, 0) is 20.7 Å². The van der Waals surface area contributed by atoms with Gasteiger partial charge in [-0.15, -0.1) is 0 Å². The molecule has 38 heavy (non-hydrogen) atoms. The first kappa shape index (κ1) is 29.7. The topological polar surface area (TPSA) is 152 Å². The van der Waals surface area contributed by atoms with Crippen LogP contribution in [0.3, 0.4) is 0 Å². The van der Waals surface area contributed by atoms with Gasteiger partial charge in [0.15, 0.2) is 0 Å². The summed E-state index contributed by atoms with van der Waals surface area (Å²) < 4.78 is 11.6. The number of urea groups is 1. The minimum Gasteiger partial charge on any atom is -0.494 e. The Morgan fingerprint density at radius 2 is 1.89 bits per heavy atom. The molecule has 2 heterocycles. The summed E-state index contributed by atoms with van der Waals surface area (Å²) in [7, 11) is 0. The second kappa shape index (κ2) is 13.8. The number of carboxylic acid groups (broad SMARTS) is 1. The molecule has 1 aliphatic carbocycles. The zero-order valence-electron chi connectivity index (χ0n) is 22.8. The van der Waals surface area contributed by atoms with E-state index in [0.717, 1.165) is 43.4 Å². The first-order chi connectivity index (χ1) is 18.1. The quantitative estimate of drug-likeness (QED) is 0.378. The van der Waals surface area contributed by atoms with E-state index < -0.39 is 23.6 Å². The van der Waals surface area contributed by atoms with E-state index in [1.807, 2.05) is 38.1 Å². The second-order valence-electron chi connectivity index (χ2n) is 11.3. The highest BCUT2D eigenvalue weighted by Crippen LogP contribution is 2.31. The third-order valence-electron chi connectivity index (χ3n) is 7.51. The molecular weight excluding hydrogens is 488 g/mol. The van der Waals surface area contributed by atoms with Gasteiger partial charge in [0.25, 0.3) is 0 Å². The highest BCUT2D eigenvalue weighted by molar-refractivity contribution is 5.90. The average molecular weight is 533 g/mol. The number of benzene rings is 1. The van der Waals surface area contributed by atoms with E-state index in [0.29, 0.717) is 19.8 Å². The van der Waals surface area contributed by atoms with Crippen LogP contribution in [0.5, 0.6) is 5.75 Å². The molecule has 1 fully saturated rings. The fourth-order valence-electron chi connectivity index (χ4n) is 5.07. The molecule has 2 bridgehead atoms. The summed E-state index contributed by atoms with van der Waals surface area (Å²) in [6.07, 6.45) is 4.62. The predicted octanol–water partition coefficient (Wildman–Crippen LogP) is 2.59. The van der Waals surface area contributed by atoms with Crippen LogP contribution in [0, 0.1) is 11.8 Å². The SMILES string of the molecule is CC(C)[C@H]1COCCCCOc2ccc(cc2)C[C@@H](NC(=O)NC(C)(C[C@@H]2CC[C@@H](N)C2)C(=O)O)C(=O)N1. The molecule has 3 amide bonds. The Bertz CT molecular complexity index is 940. The standard InChI is InChI=1S/C28H44N4O6/c1-18(2)24-17-37-12-4-5-13-38-22-10-7-19(8-11-22)15-23(25(33)30-24)31-27(36)32-28(3,26(34)35)16-20-6-9-21(29)14-20/h7-8,10-11,18,20-21,23-24H,4-6,9,12-17,29H2,1-3H3,(H,30,33)(H,34,35)(H2,31,32,36)/t20-,21-,23-,24-,28?/m1/s1. The van der Waals surface area contributed by atoms with Gasteiger partial charge < -0.3 is 36.3 Å². The highest BCUT2D eigenvalue weighted by Gasteiger charge is 2.40. The van der Waals surface area contributed by atoms with E-state index in [1.165, 1.54) is 6.92 Å². The normalized spacial score (nSPS) is 26.7. The van der Waals surface area contributed by atoms with Gasteiger partial charge in [-0.3, -0.25) is 4.79 Å². The molecule has 5 atom stereocenters. The first-order valence-electron chi connectivity index (χ1n) is 13.7. The number of hydrogen-bond acceptors (Lipinski definition) is 6.